The number of hydrogen-bond acceptors (Lipinski definition) is 5. The van der Waals surface area contributed by atoms with Gasteiger partial charge in [0.15, 0.2) is 0 Å². The van der Waals surface area contributed by atoms with Gasteiger partial charge in [0.25, 0.3) is 5.91 Å². The normalized spacial score (nSPS) is 16.0. The van der Waals surface area contributed by atoms with Crippen LogP contribution in [0, 0.1) is 0 Å². The number of carbonyl (C=O) groups is 1. The van der Waals surface area contributed by atoms with Crippen molar-refractivity contribution in [2.45, 2.75) is 6.92 Å². The summed E-state index contributed by atoms with van der Waals surface area (Å²) in [5, 5.41) is 6.79. The number of thiocarbonyl (C=S) groups is 1. The van der Waals surface area contributed by atoms with E-state index < -0.39 is 0 Å². The van der Waals surface area contributed by atoms with Gasteiger partial charge >= 0.3 is 0 Å². The summed E-state index contributed by atoms with van der Waals surface area (Å²) in [5.41, 5.74) is 2.75. The minimum Gasteiger partial charge on any atom is -0.293 e. The maximum Gasteiger partial charge on any atom is 0.266 e. The molecule has 1 aromatic carbocycles. The fourth-order valence-electron chi connectivity index (χ4n) is 2.72. The van der Waals surface area contributed by atoms with Crippen LogP contribution in [0.25, 0.3) is 22.3 Å². The summed E-state index contributed by atoms with van der Waals surface area (Å²) >= 11 is 8.29. The summed E-state index contributed by atoms with van der Waals surface area (Å²) in [6.07, 6.45) is 3.86. The summed E-state index contributed by atoms with van der Waals surface area (Å²) in [4.78, 5) is 15.9. The lowest BCUT2D eigenvalue weighted by molar-refractivity contribution is -0.121. The molecule has 130 valence electrons. The molecule has 26 heavy (non-hydrogen) atoms. The van der Waals surface area contributed by atoms with Crippen LogP contribution in [0.5, 0.6) is 0 Å². The predicted octanol–water partition coefficient (Wildman–Crippen LogP) is 4.82. The Balaban J connectivity index is 1.80. The summed E-state index contributed by atoms with van der Waals surface area (Å²) in [6.45, 7) is 2.52. The van der Waals surface area contributed by atoms with Crippen molar-refractivity contribution in [3.8, 4) is 16.3 Å². The van der Waals surface area contributed by atoms with Crippen LogP contribution in [-0.2, 0) is 4.79 Å². The molecule has 1 aliphatic rings. The van der Waals surface area contributed by atoms with Crippen LogP contribution < -0.4 is 0 Å². The molecule has 0 radical (unpaired) electrons. The average Bonchev–Trinajstić information content (AvgIpc) is 3.36. The number of carbonyl (C=O) groups excluding carboxylic acids is 1. The van der Waals surface area contributed by atoms with Crippen molar-refractivity contribution in [3.05, 3.63) is 64.5 Å². The second kappa shape index (κ2) is 7.19. The van der Waals surface area contributed by atoms with Crippen molar-refractivity contribution >= 4 is 51.6 Å². The van der Waals surface area contributed by atoms with Crippen LogP contribution in [0.4, 0.5) is 0 Å². The van der Waals surface area contributed by atoms with E-state index in [0.717, 1.165) is 21.8 Å². The maximum absolute atomic E-state index is 12.6. The molecule has 1 aliphatic heterocycles. The molecular weight excluding hydrogens is 382 g/mol. The highest BCUT2D eigenvalue weighted by Crippen LogP contribution is 2.35. The standard InChI is InChI=1S/C19H15N3OS3/c1-2-21-18(23)16(26-19(21)24)11-13-12-22(14-7-4-3-5-8-14)20-17(13)15-9-6-10-25-15/h3-12H,2H2,1H3. The summed E-state index contributed by atoms with van der Waals surface area (Å²) in [5.74, 6) is -0.0351. The smallest absolute Gasteiger partial charge is 0.266 e. The number of thioether (sulfide) groups is 1. The van der Waals surface area contributed by atoms with E-state index in [1.807, 2.05) is 71.7 Å². The number of benzene rings is 1. The fraction of sp³-hybridized carbons (Fsp3) is 0.105. The molecule has 4 nitrogen and oxygen atoms in total. The Kier molecular flexibility index (Phi) is 4.76. The Labute approximate surface area is 165 Å². The molecule has 0 spiro atoms. The molecule has 2 aromatic heterocycles. The van der Waals surface area contributed by atoms with Crippen molar-refractivity contribution in [1.82, 2.24) is 14.7 Å². The lowest BCUT2D eigenvalue weighted by Gasteiger charge is -2.09. The number of thiophene rings is 1. The molecule has 1 fully saturated rings. The van der Waals surface area contributed by atoms with Crippen molar-refractivity contribution in [1.29, 1.82) is 0 Å². The molecule has 3 heterocycles. The summed E-state index contributed by atoms with van der Waals surface area (Å²) in [6, 6.07) is 14.0. The molecule has 7 heteroatoms. The largest absolute Gasteiger partial charge is 0.293 e. The zero-order valence-electron chi connectivity index (χ0n) is 14.0. The number of aromatic nitrogens is 2. The molecule has 1 amide bonds. The van der Waals surface area contributed by atoms with Gasteiger partial charge in [0.2, 0.25) is 0 Å². The first kappa shape index (κ1) is 17.2. The average molecular weight is 398 g/mol. The second-order valence-corrected chi connectivity index (χ2v) is 8.24. The molecule has 0 atom stereocenters. The van der Waals surface area contributed by atoms with E-state index in [-0.39, 0.29) is 5.91 Å². The van der Waals surface area contributed by atoms with Crippen LogP contribution in [0.15, 0.2) is 58.9 Å². The van der Waals surface area contributed by atoms with Crippen LogP contribution in [0.3, 0.4) is 0 Å². The highest BCUT2D eigenvalue weighted by Gasteiger charge is 2.31. The van der Waals surface area contributed by atoms with Gasteiger partial charge in [-0.15, -0.1) is 11.3 Å². The van der Waals surface area contributed by atoms with E-state index in [4.69, 9.17) is 17.3 Å². The first-order chi connectivity index (χ1) is 12.7. The Hall–Kier alpha value is -2.22. The van der Waals surface area contributed by atoms with E-state index in [2.05, 4.69) is 0 Å². The van der Waals surface area contributed by atoms with E-state index in [1.165, 1.54) is 11.8 Å². The highest BCUT2D eigenvalue weighted by atomic mass is 32.2. The molecule has 4 rings (SSSR count). The van der Waals surface area contributed by atoms with Crippen molar-refractivity contribution < 1.29 is 4.79 Å². The lowest BCUT2D eigenvalue weighted by atomic mass is 10.2. The van der Waals surface area contributed by atoms with E-state index in [9.17, 15) is 4.79 Å². The number of nitrogens with zero attached hydrogens (tertiary/aromatic N) is 3. The van der Waals surface area contributed by atoms with Gasteiger partial charge in [-0.3, -0.25) is 9.69 Å². The lowest BCUT2D eigenvalue weighted by Crippen LogP contribution is -2.27. The Morgan fingerprint density at radius 1 is 1.19 bits per heavy atom. The third-order valence-electron chi connectivity index (χ3n) is 3.99. The van der Waals surface area contributed by atoms with Gasteiger partial charge in [0, 0.05) is 18.3 Å². The molecule has 0 unspecified atom stereocenters. The van der Waals surface area contributed by atoms with Gasteiger partial charge in [-0.1, -0.05) is 48.2 Å². The topological polar surface area (TPSA) is 38.1 Å². The summed E-state index contributed by atoms with van der Waals surface area (Å²) in [7, 11) is 0. The highest BCUT2D eigenvalue weighted by molar-refractivity contribution is 8.26. The minimum atomic E-state index is -0.0351. The number of rotatable bonds is 4. The van der Waals surface area contributed by atoms with Gasteiger partial charge in [-0.2, -0.15) is 5.10 Å². The third-order valence-corrected chi connectivity index (χ3v) is 6.25. The molecule has 0 bridgehead atoms. The van der Waals surface area contributed by atoms with Crippen LogP contribution in [0.2, 0.25) is 0 Å². The van der Waals surface area contributed by atoms with Crippen molar-refractivity contribution in [3.63, 3.8) is 0 Å². The Bertz CT molecular complexity index is 990. The quantitative estimate of drug-likeness (QED) is 0.467. The zero-order valence-corrected chi connectivity index (χ0v) is 16.4. The number of likely N-dealkylation sites (N-methyl/N-ethyl adjacent to an activating group) is 1. The van der Waals surface area contributed by atoms with Crippen molar-refractivity contribution in [2.24, 2.45) is 0 Å². The van der Waals surface area contributed by atoms with Gasteiger partial charge in [-0.05, 0) is 36.6 Å². The third kappa shape index (κ3) is 3.13. The summed E-state index contributed by atoms with van der Waals surface area (Å²) < 4.78 is 2.46. The van der Waals surface area contributed by atoms with Crippen LogP contribution >= 0.6 is 35.3 Å². The van der Waals surface area contributed by atoms with E-state index in [1.54, 1.807) is 16.2 Å². The molecule has 0 aliphatic carbocycles. The molecular formula is C19H15N3OS3. The minimum absolute atomic E-state index is 0.0351. The number of amides is 1. The Morgan fingerprint density at radius 2 is 2.00 bits per heavy atom. The fourth-order valence-corrected chi connectivity index (χ4v) is 4.83. The van der Waals surface area contributed by atoms with Crippen LogP contribution in [0.1, 0.15) is 12.5 Å². The van der Waals surface area contributed by atoms with Gasteiger partial charge < -0.3 is 0 Å². The second-order valence-electron chi connectivity index (χ2n) is 5.62. The number of para-hydroxylation sites is 1. The molecule has 3 aromatic rings. The van der Waals surface area contributed by atoms with Crippen LogP contribution in [-0.4, -0.2) is 31.5 Å². The van der Waals surface area contributed by atoms with Gasteiger partial charge in [0.05, 0.1) is 15.5 Å². The Morgan fingerprint density at radius 3 is 2.65 bits per heavy atom. The predicted molar refractivity (Wildman–Crippen MR) is 112 cm³/mol. The maximum atomic E-state index is 12.6. The van der Waals surface area contributed by atoms with Gasteiger partial charge in [0.1, 0.15) is 10.0 Å². The number of hydrogen-bond donors (Lipinski definition) is 0. The van der Waals surface area contributed by atoms with Gasteiger partial charge in [-0.25, -0.2) is 4.68 Å². The first-order valence-electron chi connectivity index (χ1n) is 8.11. The van der Waals surface area contributed by atoms with E-state index in [0.29, 0.717) is 15.8 Å². The SMILES string of the molecule is CCN1C(=O)C(=Cc2cn(-c3ccccc3)nc2-c2cccs2)SC1=S. The first-order valence-corrected chi connectivity index (χ1v) is 10.2. The molecule has 1 saturated heterocycles. The monoisotopic (exact) mass is 397 g/mol. The molecule has 0 N–H and O–H groups in total. The van der Waals surface area contributed by atoms with E-state index >= 15 is 0 Å². The molecule has 0 saturated carbocycles. The van der Waals surface area contributed by atoms with Crippen molar-refractivity contribution in [2.75, 3.05) is 6.54 Å². The zero-order chi connectivity index (χ0) is 18.1.